The number of hydrogen-bond acceptors (Lipinski definition) is 2. The van der Waals surface area contributed by atoms with Gasteiger partial charge in [0.1, 0.15) is 13.1 Å². The van der Waals surface area contributed by atoms with Crippen molar-refractivity contribution in [3.63, 3.8) is 0 Å². The molecule has 0 aromatic carbocycles. The molecule has 1 aliphatic rings. The maximum Gasteiger partial charge on any atom is 0.319 e. The van der Waals surface area contributed by atoms with Crippen molar-refractivity contribution in [1.29, 1.82) is 0 Å². The first-order valence-electron chi connectivity index (χ1n) is 2.87. The highest BCUT2D eigenvalue weighted by atomic mass is 35.5. The van der Waals surface area contributed by atoms with Gasteiger partial charge in [-0.1, -0.05) is 0 Å². The molecule has 3 nitrogen and oxygen atoms in total. The molecule has 0 atom stereocenters. The van der Waals surface area contributed by atoms with Gasteiger partial charge in [-0.05, 0) is 0 Å². The van der Waals surface area contributed by atoms with E-state index in [0.717, 1.165) is 6.41 Å². The van der Waals surface area contributed by atoms with E-state index in [0.29, 0.717) is 26.3 Å². The molecule has 1 amide bonds. The van der Waals surface area contributed by atoms with Crippen LogP contribution in [-0.2, 0) is 9.53 Å². The Hall–Kier alpha value is -0.120. The van der Waals surface area contributed by atoms with Gasteiger partial charge in [0.25, 0.3) is 0 Å². The fraction of sp³-hybridized carbons (Fsp3) is 0.800. The third kappa shape index (κ3) is 1.64. The number of hydrogen-bond donors (Lipinski definition) is 0. The molecule has 1 rings (SSSR count). The molecule has 0 radical (unpaired) electrons. The van der Waals surface area contributed by atoms with E-state index < -0.39 is 0 Å². The third-order valence-electron chi connectivity index (χ3n) is 1.40. The third-order valence-corrected chi connectivity index (χ3v) is 1.82. The molecule has 1 heterocycles. The van der Waals surface area contributed by atoms with E-state index in [-0.39, 0.29) is 4.00 Å². The molecule has 0 saturated carbocycles. The van der Waals surface area contributed by atoms with Crippen LogP contribution in [0.3, 0.4) is 0 Å². The maximum atomic E-state index is 10.3. The number of ether oxygens (including phenoxy) is 1. The number of amides is 1. The first-order valence-corrected chi connectivity index (χ1v) is 3.21. The van der Waals surface area contributed by atoms with E-state index in [1.807, 2.05) is 0 Å². The van der Waals surface area contributed by atoms with Gasteiger partial charge in [0.2, 0.25) is 0 Å². The van der Waals surface area contributed by atoms with Crippen molar-refractivity contribution in [3.8, 4) is 0 Å². The van der Waals surface area contributed by atoms with E-state index in [4.69, 9.17) is 16.5 Å². The van der Waals surface area contributed by atoms with Crippen molar-refractivity contribution in [2.75, 3.05) is 26.3 Å². The lowest BCUT2D eigenvalue weighted by Gasteiger charge is -2.25. The second-order valence-electron chi connectivity index (χ2n) is 2.09. The molecule has 9 heavy (non-hydrogen) atoms. The van der Waals surface area contributed by atoms with Gasteiger partial charge in [-0.15, -0.1) is 0 Å². The number of morpholine rings is 1. The van der Waals surface area contributed by atoms with Crippen molar-refractivity contribution in [3.05, 3.63) is 0 Å². The minimum Gasteiger partial charge on any atom is -0.370 e. The molecule has 0 N–H and O–H groups in total. The molecule has 0 spiro atoms. The summed E-state index contributed by atoms with van der Waals surface area (Å²) < 4.78 is 4.99. The van der Waals surface area contributed by atoms with Gasteiger partial charge in [-0.25, -0.2) is 4.79 Å². The second kappa shape index (κ2) is 2.64. The zero-order valence-corrected chi connectivity index (χ0v) is 5.80. The zero-order valence-electron chi connectivity index (χ0n) is 5.05. The van der Waals surface area contributed by atoms with Crippen LogP contribution < -0.4 is 0 Å². The number of halogens is 1. The summed E-state index contributed by atoms with van der Waals surface area (Å²) in [5.41, 5.74) is 0. The summed E-state index contributed by atoms with van der Waals surface area (Å²) in [6.45, 7) is 2.35. The molecule has 0 unspecified atom stereocenters. The van der Waals surface area contributed by atoms with Crippen LogP contribution in [0.25, 0.3) is 0 Å². The number of carbonyl (C=O) groups is 1. The predicted octanol–water partition coefficient (Wildman–Crippen LogP) is 0.144. The summed E-state index contributed by atoms with van der Waals surface area (Å²) in [6.07, 6.45) is 0.754. The molecular formula is C5H9ClNO2+. The summed E-state index contributed by atoms with van der Waals surface area (Å²) in [4.78, 5) is 10.3. The van der Waals surface area contributed by atoms with Crippen molar-refractivity contribution in [2.45, 2.75) is 0 Å². The molecule has 0 bridgehead atoms. The largest absolute Gasteiger partial charge is 0.370 e. The van der Waals surface area contributed by atoms with Crippen LogP contribution in [0, 0.1) is 0 Å². The summed E-state index contributed by atoms with van der Waals surface area (Å²) in [5, 5.41) is 0. The van der Waals surface area contributed by atoms with Crippen molar-refractivity contribution in [2.24, 2.45) is 0 Å². The molecule has 4 heteroatoms. The first-order chi connectivity index (χ1) is 4.27. The topological polar surface area (TPSA) is 26.3 Å². The van der Waals surface area contributed by atoms with Crippen LogP contribution >= 0.6 is 11.8 Å². The Morgan fingerprint density at radius 1 is 1.44 bits per heavy atom. The predicted molar refractivity (Wildman–Crippen MR) is 32.7 cm³/mol. The summed E-state index contributed by atoms with van der Waals surface area (Å²) in [6, 6.07) is 0. The van der Waals surface area contributed by atoms with Crippen LogP contribution in [0.5, 0.6) is 0 Å². The lowest BCUT2D eigenvalue weighted by atomic mass is 10.5. The van der Waals surface area contributed by atoms with E-state index in [2.05, 4.69) is 0 Å². The quantitative estimate of drug-likeness (QED) is 0.393. The molecule has 52 valence electrons. The minimum atomic E-state index is -0.0139. The van der Waals surface area contributed by atoms with E-state index in [1.165, 1.54) is 0 Å². The molecule has 0 aliphatic carbocycles. The molecular weight excluding hydrogens is 142 g/mol. The van der Waals surface area contributed by atoms with Gasteiger partial charge in [-0.3, -0.25) is 0 Å². The van der Waals surface area contributed by atoms with E-state index >= 15 is 0 Å². The highest BCUT2D eigenvalue weighted by molar-refractivity contribution is 6.09. The Bertz CT molecular complexity index is 112. The fourth-order valence-corrected chi connectivity index (χ4v) is 0.890. The van der Waals surface area contributed by atoms with Gasteiger partial charge in [0.15, 0.2) is 11.8 Å². The number of rotatable bonds is 1. The monoisotopic (exact) mass is 150 g/mol. The maximum absolute atomic E-state index is 10.3. The van der Waals surface area contributed by atoms with Crippen LogP contribution in [0.4, 0.5) is 0 Å². The first kappa shape index (κ1) is 6.99. The Morgan fingerprint density at radius 2 is 2.00 bits per heavy atom. The average molecular weight is 151 g/mol. The second-order valence-corrected chi connectivity index (χ2v) is 2.76. The Morgan fingerprint density at radius 3 is 2.33 bits per heavy atom. The molecule has 1 saturated heterocycles. The summed E-state index contributed by atoms with van der Waals surface area (Å²) >= 11 is 5.75. The number of carbonyl (C=O) groups excluding carboxylic acids is 1. The van der Waals surface area contributed by atoms with Crippen molar-refractivity contribution in [1.82, 2.24) is 0 Å². The fourth-order valence-electron chi connectivity index (χ4n) is 0.752. The molecule has 1 aliphatic heterocycles. The van der Waals surface area contributed by atoms with Crippen LogP contribution in [0.1, 0.15) is 0 Å². The van der Waals surface area contributed by atoms with Gasteiger partial charge in [0.05, 0.1) is 13.2 Å². The van der Waals surface area contributed by atoms with Crippen molar-refractivity contribution >= 4 is 18.2 Å². The summed E-state index contributed by atoms with van der Waals surface area (Å²) in [5.74, 6) is 0. The van der Waals surface area contributed by atoms with Crippen LogP contribution in [0.2, 0.25) is 0 Å². The molecule has 1 fully saturated rings. The Kier molecular flexibility index (Phi) is 2.05. The average Bonchev–Trinajstić information content (AvgIpc) is 1.90. The van der Waals surface area contributed by atoms with Crippen LogP contribution in [0.15, 0.2) is 0 Å². The van der Waals surface area contributed by atoms with E-state index in [1.54, 1.807) is 0 Å². The Labute approximate surface area is 58.9 Å². The van der Waals surface area contributed by atoms with Crippen molar-refractivity contribution < 1.29 is 13.5 Å². The van der Waals surface area contributed by atoms with Gasteiger partial charge < -0.3 is 4.74 Å². The Balaban J connectivity index is 2.46. The summed E-state index contributed by atoms with van der Waals surface area (Å²) in [7, 11) is 0. The van der Waals surface area contributed by atoms with Crippen LogP contribution in [-0.4, -0.2) is 36.7 Å². The highest BCUT2D eigenvalue weighted by Gasteiger charge is 2.28. The lowest BCUT2D eigenvalue weighted by molar-refractivity contribution is -0.738. The van der Waals surface area contributed by atoms with Gasteiger partial charge in [0, 0.05) is 0 Å². The highest BCUT2D eigenvalue weighted by Crippen LogP contribution is 2.10. The molecule has 0 aromatic rings. The normalized spacial score (nSPS) is 25.4. The SMILES string of the molecule is O=C[N+]1(Cl)CCOCC1. The lowest BCUT2D eigenvalue weighted by Crippen LogP contribution is -2.46. The number of quaternary nitrogens is 1. The molecule has 0 aromatic heterocycles. The van der Waals surface area contributed by atoms with Gasteiger partial charge in [-0.2, -0.15) is 4.00 Å². The smallest absolute Gasteiger partial charge is 0.319 e. The number of nitrogens with zero attached hydrogens (tertiary/aromatic N) is 1. The van der Waals surface area contributed by atoms with E-state index in [9.17, 15) is 4.79 Å². The standard InChI is InChI=1S/C5H9ClNO2/c6-7(5-8)1-3-9-4-2-7/h5H,1-4H2/q+1. The van der Waals surface area contributed by atoms with Gasteiger partial charge >= 0.3 is 6.41 Å². The zero-order chi connectivity index (χ0) is 6.74. The minimum absolute atomic E-state index is 0.0139.